The van der Waals surface area contributed by atoms with Gasteiger partial charge in [0.05, 0.1) is 5.69 Å². The molecule has 1 fully saturated rings. The summed E-state index contributed by atoms with van der Waals surface area (Å²) >= 11 is 0. The molecule has 2 aliphatic rings. The number of amides is 1. The fourth-order valence-corrected chi connectivity index (χ4v) is 3.45. The molecule has 2 N–H and O–H groups in total. The molecule has 2 aliphatic heterocycles. The maximum Gasteiger partial charge on any atom is 0.276 e. The Morgan fingerprint density at radius 2 is 2.30 bits per heavy atom. The molecule has 0 aromatic heterocycles. The van der Waals surface area contributed by atoms with E-state index in [-0.39, 0.29) is 5.91 Å². The van der Waals surface area contributed by atoms with Gasteiger partial charge in [-0.3, -0.25) is 9.69 Å². The van der Waals surface area contributed by atoms with Crippen molar-refractivity contribution in [2.75, 3.05) is 18.4 Å². The molecule has 1 aromatic rings. The lowest BCUT2D eigenvalue weighted by Gasteiger charge is -2.39. The van der Waals surface area contributed by atoms with Crippen molar-refractivity contribution in [2.24, 2.45) is 5.92 Å². The number of piperidine rings is 1. The molecule has 1 saturated heterocycles. The van der Waals surface area contributed by atoms with E-state index in [1.54, 1.807) is 0 Å². The van der Waals surface area contributed by atoms with Crippen molar-refractivity contribution in [2.45, 2.75) is 38.8 Å². The zero-order chi connectivity index (χ0) is 14.3. The highest BCUT2D eigenvalue weighted by Gasteiger charge is 2.51. The normalized spacial score (nSPS) is 30.1. The van der Waals surface area contributed by atoms with Crippen LogP contribution in [0, 0.1) is 5.92 Å². The van der Waals surface area contributed by atoms with Gasteiger partial charge in [0, 0.05) is 18.7 Å². The van der Waals surface area contributed by atoms with Crippen LogP contribution in [0.5, 0.6) is 0 Å². The number of nitrogens with zero attached hydrogens (tertiary/aromatic N) is 1. The van der Waals surface area contributed by atoms with Crippen molar-refractivity contribution < 1.29 is 9.90 Å². The summed E-state index contributed by atoms with van der Waals surface area (Å²) in [6.45, 7) is 5.76. The largest absolute Gasteiger partial charge is 0.364 e. The molecular formula is C16H22N2O2. The molecule has 4 nitrogen and oxygen atoms in total. The predicted octanol–water partition coefficient (Wildman–Crippen LogP) is 2.08. The molecule has 2 heterocycles. The number of nitrogens with one attached hydrogen (secondary N) is 1. The summed E-state index contributed by atoms with van der Waals surface area (Å²) in [5, 5.41) is 14.0. The average Bonchev–Trinajstić information content (AvgIpc) is 2.72. The smallest absolute Gasteiger partial charge is 0.276 e. The Kier molecular flexibility index (Phi) is 3.30. The lowest BCUT2D eigenvalue weighted by Crippen LogP contribution is -2.54. The maximum atomic E-state index is 12.4. The number of aryl methyl sites for hydroxylation is 1. The number of anilines is 1. The number of rotatable bonds is 2. The Bertz CT molecular complexity index is 543. The van der Waals surface area contributed by atoms with E-state index in [2.05, 4.69) is 19.2 Å². The average molecular weight is 274 g/mol. The van der Waals surface area contributed by atoms with Gasteiger partial charge in [-0.2, -0.15) is 0 Å². The first-order chi connectivity index (χ1) is 9.57. The first kappa shape index (κ1) is 13.6. The SMILES string of the molecule is CCc1cccc2c1NC(=O)[C@]2(O)N1CCC[C@@H](C)C1. The highest BCUT2D eigenvalue weighted by molar-refractivity contribution is 6.05. The number of aliphatic hydroxyl groups is 1. The van der Waals surface area contributed by atoms with Gasteiger partial charge < -0.3 is 10.4 Å². The highest BCUT2D eigenvalue weighted by atomic mass is 16.3. The number of likely N-dealkylation sites (tertiary alicyclic amines) is 1. The van der Waals surface area contributed by atoms with Crippen LogP contribution in [0.3, 0.4) is 0 Å². The van der Waals surface area contributed by atoms with E-state index in [9.17, 15) is 9.90 Å². The van der Waals surface area contributed by atoms with Crippen molar-refractivity contribution >= 4 is 11.6 Å². The van der Waals surface area contributed by atoms with E-state index in [4.69, 9.17) is 0 Å². The molecule has 1 aromatic carbocycles. The van der Waals surface area contributed by atoms with Crippen molar-refractivity contribution in [3.8, 4) is 0 Å². The third-order valence-corrected chi connectivity index (χ3v) is 4.58. The van der Waals surface area contributed by atoms with Gasteiger partial charge >= 0.3 is 0 Å². The minimum absolute atomic E-state index is 0.303. The van der Waals surface area contributed by atoms with Crippen LogP contribution in [0.1, 0.15) is 37.8 Å². The predicted molar refractivity (Wildman–Crippen MR) is 78.3 cm³/mol. The van der Waals surface area contributed by atoms with E-state index >= 15 is 0 Å². The van der Waals surface area contributed by atoms with E-state index in [1.165, 1.54) is 0 Å². The summed E-state index contributed by atoms with van der Waals surface area (Å²) in [7, 11) is 0. The Balaban J connectivity index is 2.04. The van der Waals surface area contributed by atoms with Gasteiger partial charge in [0.15, 0.2) is 0 Å². The van der Waals surface area contributed by atoms with E-state index in [1.807, 2.05) is 23.1 Å². The van der Waals surface area contributed by atoms with Crippen LogP contribution in [0.25, 0.3) is 0 Å². The fourth-order valence-electron chi connectivity index (χ4n) is 3.45. The van der Waals surface area contributed by atoms with Gasteiger partial charge in [-0.05, 0) is 30.7 Å². The number of para-hydroxylation sites is 1. The van der Waals surface area contributed by atoms with Gasteiger partial charge in [0.1, 0.15) is 0 Å². The Hall–Kier alpha value is -1.39. The second kappa shape index (κ2) is 4.86. The summed E-state index contributed by atoms with van der Waals surface area (Å²) in [5.41, 5.74) is 1.11. The molecule has 2 atom stereocenters. The van der Waals surface area contributed by atoms with Crippen LogP contribution < -0.4 is 5.32 Å². The standard InChI is InChI=1S/C16H22N2O2/c1-3-12-7-4-8-13-14(12)17-15(19)16(13,20)18-9-5-6-11(2)10-18/h4,7-8,11,20H,3,5-6,9-10H2,1-2H3,(H,17,19)/t11-,16+/m1/s1. The lowest BCUT2D eigenvalue weighted by atomic mass is 9.93. The third-order valence-electron chi connectivity index (χ3n) is 4.58. The number of fused-ring (bicyclic) bond motifs is 1. The van der Waals surface area contributed by atoms with Gasteiger partial charge in [-0.15, -0.1) is 0 Å². The molecule has 0 unspecified atom stereocenters. The van der Waals surface area contributed by atoms with Crippen LogP contribution in [0.4, 0.5) is 5.69 Å². The minimum Gasteiger partial charge on any atom is -0.364 e. The molecule has 20 heavy (non-hydrogen) atoms. The quantitative estimate of drug-likeness (QED) is 0.868. The molecule has 0 saturated carbocycles. The zero-order valence-electron chi connectivity index (χ0n) is 12.1. The second-order valence-corrected chi connectivity index (χ2v) is 6.01. The van der Waals surface area contributed by atoms with Crippen LogP contribution >= 0.6 is 0 Å². The van der Waals surface area contributed by atoms with Crippen LogP contribution in [0.2, 0.25) is 0 Å². The monoisotopic (exact) mass is 274 g/mol. The Morgan fingerprint density at radius 1 is 1.50 bits per heavy atom. The number of benzene rings is 1. The summed E-state index contributed by atoms with van der Waals surface area (Å²) in [4.78, 5) is 14.4. The molecular weight excluding hydrogens is 252 g/mol. The topological polar surface area (TPSA) is 52.6 Å². The molecule has 0 aliphatic carbocycles. The number of hydrogen-bond acceptors (Lipinski definition) is 3. The molecule has 1 amide bonds. The minimum atomic E-state index is -1.49. The summed E-state index contributed by atoms with van der Waals surface area (Å²) < 4.78 is 0. The van der Waals surface area contributed by atoms with Crippen LogP contribution in [-0.4, -0.2) is 29.0 Å². The third kappa shape index (κ3) is 1.86. The van der Waals surface area contributed by atoms with Gasteiger partial charge in [-0.1, -0.05) is 32.0 Å². The summed E-state index contributed by atoms with van der Waals surface area (Å²) in [6.07, 6.45) is 3.03. The van der Waals surface area contributed by atoms with Crippen molar-refractivity contribution in [3.05, 3.63) is 29.3 Å². The Morgan fingerprint density at radius 3 is 3.00 bits per heavy atom. The maximum absolute atomic E-state index is 12.4. The first-order valence-electron chi connectivity index (χ1n) is 7.48. The van der Waals surface area contributed by atoms with Crippen molar-refractivity contribution in [1.82, 2.24) is 4.90 Å². The Labute approximate surface area is 119 Å². The molecule has 0 bridgehead atoms. The number of hydrogen-bond donors (Lipinski definition) is 2. The van der Waals surface area contributed by atoms with E-state index in [0.29, 0.717) is 5.92 Å². The van der Waals surface area contributed by atoms with E-state index in [0.717, 1.165) is 49.2 Å². The number of carbonyl (C=O) groups excluding carboxylic acids is 1. The van der Waals surface area contributed by atoms with Crippen LogP contribution in [-0.2, 0) is 16.9 Å². The molecule has 108 valence electrons. The van der Waals surface area contributed by atoms with Crippen LogP contribution in [0.15, 0.2) is 18.2 Å². The highest BCUT2D eigenvalue weighted by Crippen LogP contribution is 2.42. The first-order valence-corrected chi connectivity index (χ1v) is 7.48. The van der Waals surface area contributed by atoms with Gasteiger partial charge in [-0.25, -0.2) is 0 Å². The molecule has 3 rings (SSSR count). The van der Waals surface area contributed by atoms with Gasteiger partial charge in [0.25, 0.3) is 5.91 Å². The van der Waals surface area contributed by atoms with Crippen molar-refractivity contribution in [3.63, 3.8) is 0 Å². The molecule has 0 radical (unpaired) electrons. The van der Waals surface area contributed by atoms with Gasteiger partial charge in [0.2, 0.25) is 5.72 Å². The summed E-state index contributed by atoms with van der Waals surface area (Å²) in [6, 6.07) is 5.80. The molecule has 0 spiro atoms. The number of carbonyl (C=O) groups is 1. The molecule has 4 heteroatoms. The second-order valence-electron chi connectivity index (χ2n) is 6.01. The summed E-state index contributed by atoms with van der Waals surface area (Å²) in [5.74, 6) is 0.210. The van der Waals surface area contributed by atoms with Crippen molar-refractivity contribution in [1.29, 1.82) is 0 Å². The zero-order valence-corrected chi connectivity index (χ0v) is 12.1. The fraction of sp³-hybridized carbons (Fsp3) is 0.562. The lowest BCUT2D eigenvalue weighted by molar-refractivity contribution is -0.163. The van der Waals surface area contributed by atoms with E-state index < -0.39 is 5.72 Å².